The van der Waals surface area contributed by atoms with Crippen LogP contribution < -0.4 is 5.43 Å². The van der Waals surface area contributed by atoms with Crippen LogP contribution in [0.5, 0.6) is 0 Å². The highest BCUT2D eigenvalue weighted by Crippen LogP contribution is 2.20. The lowest BCUT2D eigenvalue weighted by atomic mass is 10.2. The fourth-order valence-electron chi connectivity index (χ4n) is 3.15. The summed E-state index contributed by atoms with van der Waals surface area (Å²) in [5, 5.41) is 8.89. The van der Waals surface area contributed by atoms with Crippen LogP contribution in [0.25, 0.3) is 11.0 Å². The van der Waals surface area contributed by atoms with Crippen molar-refractivity contribution in [2.24, 2.45) is 0 Å². The minimum Gasteiger partial charge on any atom is -0.451 e. The maximum absolute atomic E-state index is 12.8. The van der Waals surface area contributed by atoms with Gasteiger partial charge in [0.25, 0.3) is 5.91 Å². The molecule has 7 heteroatoms. The van der Waals surface area contributed by atoms with E-state index in [1.807, 2.05) is 0 Å². The second-order valence-corrected chi connectivity index (χ2v) is 6.48. The number of fused-ring (bicyclic) bond motifs is 2. The van der Waals surface area contributed by atoms with Crippen molar-refractivity contribution in [3.8, 4) is 0 Å². The average Bonchev–Trinajstić information content (AvgIpc) is 3.04. The second kappa shape index (κ2) is 5.84. The summed E-state index contributed by atoms with van der Waals surface area (Å²) in [6.07, 6.45) is 0. The van der Waals surface area contributed by atoms with E-state index in [0.717, 1.165) is 11.6 Å². The zero-order valence-electron chi connectivity index (χ0n) is 14.1. The van der Waals surface area contributed by atoms with Gasteiger partial charge in [-0.2, -0.15) is 0 Å². The first kappa shape index (κ1) is 15.6. The van der Waals surface area contributed by atoms with Crippen molar-refractivity contribution in [3.05, 3.63) is 58.0 Å². The highest BCUT2D eigenvalue weighted by atomic mass is 16.3. The Hall–Kier alpha value is -2.96. The lowest BCUT2D eigenvalue weighted by molar-refractivity contribution is 0.0674. The molecule has 1 aliphatic heterocycles. The Labute approximate surface area is 143 Å². The van der Waals surface area contributed by atoms with Crippen molar-refractivity contribution in [1.29, 1.82) is 0 Å². The number of rotatable bonds is 2. The molecule has 7 nitrogen and oxygen atoms in total. The van der Waals surface area contributed by atoms with Crippen molar-refractivity contribution in [2.45, 2.75) is 32.9 Å². The molecule has 0 atom stereocenters. The van der Waals surface area contributed by atoms with Crippen LogP contribution in [0.4, 0.5) is 0 Å². The fraction of sp³-hybridized carbons (Fsp3) is 0.333. The zero-order chi connectivity index (χ0) is 17.6. The molecule has 25 heavy (non-hydrogen) atoms. The van der Waals surface area contributed by atoms with Crippen LogP contribution in [0.3, 0.4) is 0 Å². The van der Waals surface area contributed by atoms with Crippen molar-refractivity contribution in [2.75, 3.05) is 6.54 Å². The predicted octanol–water partition coefficient (Wildman–Crippen LogP) is 2.16. The average molecular weight is 338 g/mol. The molecule has 0 spiro atoms. The number of hydrogen-bond acceptors (Lipinski definition) is 5. The van der Waals surface area contributed by atoms with Crippen molar-refractivity contribution in [1.82, 2.24) is 19.7 Å². The summed E-state index contributed by atoms with van der Waals surface area (Å²) in [5.74, 6) is 1.72. The Kier molecular flexibility index (Phi) is 3.63. The fourth-order valence-corrected chi connectivity index (χ4v) is 3.15. The smallest absolute Gasteiger partial charge is 0.290 e. The van der Waals surface area contributed by atoms with Crippen LogP contribution in [0.15, 0.2) is 39.5 Å². The monoisotopic (exact) mass is 338 g/mol. The molecule has 1 aliphatic rings. The minimum atomic E-state index is -0.303. The summed E-state index contributed by atoms with van der Waals surface area (Å²) in [7, 11) is 0. The molecule has 0 aliphatic carbocycles. The Morgan fingerprint density at radius 2 is 2.00 bits per heavy atom. The molecular formula is C18H18N4O3. The molecule has 3 heterocycles. The van der Waals surface area contributed by atoms with E-state index in [1.54, 1.807) is 29.2 Å². The van der Waals surface area contributed by atoms with Crippen LogP contribution in [-0.2, 0) is 13.1 Å². The SMILES string of the molecule is CC(C)c1nnc2n1CCN(C(=O)c1cc(=O)c3ccccc3o1)C2. The molecule has 0 saturated carbocycles. The molecular weight excluding hydrogens is 320 g/mol. The Morgan fingerprint density at radius 1 is 1.20 bits per heavy atom. The predicted molar refractivity (Wildman–Crippen MR) is 91.3 cm³/mol. The van der Waals surface area contributed by atoms with Crippen LogP contribution in [0.2, 0.25) is 0 Å². The molecule has 1 amide bonds. The Morgan fingerprint density at radius 3 is 2.80 bits per heavy atom. The lowest BCUT2D eigenvalue weighted by Crippen LogP contribution is -2.39. The molecule has 4 rings (SSSR count). The largest absolute Gasteiger partial charge is 0.451 e. The van der Waals surface area contributed by atoms with E-state index in [2.05, 4.69) is 28.6 Å². The van der Waals surface area contributed by atoms with E-state index in [1.165, 1.54) is 6.07 Å². The van der Waals surface area contributed by atoms with Gasteiger partial charge in [0.05, 0.1) is 11.9 Å². The van der Waals surface area contributed by atoms with Gasteiger partial charge in [0, 0.05) is 25.1 Å². The van der Waals surface area contributed by atoms with Crippen LogP contribution in [0.1, 0.15) is 42.0 Å². The summed E-state index contributed by atoms with van der Waals surface area (Å²) in [4.78, 5) is 26.6. The molecule has 0 saturated heterocycles. The van der Waals surface area contributed by atoms with Crippen molar-refractivity contribution < 1.29 is 9.21 Å². The van der Waals surface area contributed by atoms with E-state index in [4.69, 9.17) is 4.42 Å². The van der Waals surface area contributed by atoms with Crippen LogP contribution in [0, 0.1) is 0 Å². The number of aromatic nitrogens is 3. The first-order chi connectivity index (χ1) is 12.0. The summed E-state index contributed by atoms with van der Waals surface area (Å²) in [6, 6.07) is 8.19. The third kappa shape index (κ3) is 2.61. The summed E-state index contributed by atoms with van der Waals surface area (Å²) >= 11 is 0. The maximum atomic E-state index is 12.8. The maximum Gasteiger partial charge on any atom is 0.290 e. The van der Waals surface area contributed by atoms with E-state index in [9.17, 15) is 9.59 Å². The van der Waals surface area contributed by atoms with Crippen molar-refractivity contribution >= 4 is 16.9 Å². The first-order valence-electron chi connectivity index (χ1n) is 8.28. The van der Waals surface area contributed by atoms with Gasteiger partial charge in [0.15, 0.2) is 17.0 Å². The number of carbonyl (C=O) groups excluding carboxylic acids is 1. The van der Waals surface area contributed by atoms with E-state index in [0.29, 0.717) is 30.6 Å². The molecule has 0 bridgehead atoms. The number of benzene rings is 1. The third-order valence-electron chi connectivity index (χ3n) is 4.43. The number of carbonyl (C=O) groups is 1. The molecule has 3 aromatic rings. The highest BCUT2D eigenvalue weighted by molar-refractivity contribution is 5.93. The van der Waals surface area contributed by atoms with Gasteiger partial charge in [0.2, 0.25) is 0 Å². The van der Waals surface area contributed by atoms with Gasteiger partial charge in [-0.25, -0.2) is 0 Å². The quantitative estimate of drug-likeness (QED) is 0.715. The van der Waals surface area contributed by atoms with Gasteiger partial charge in [-0.1, -0.05) is 26.0 Å². The summed E-state index contributed by atoms with van der Waals surface area (Å²) in [6.45, 7) is 5.66. The van der Waals surface area contributed by atoms with Gasteiger partial charge >= 0.3 is 0 Å². The molecule has 0 fully saturated rings. The number of hydrogen-bond donors (Lipinski definition) is 0. The standard InChI is InChI=1S/C18H18N4O3/c1-11(2)17-20-19-16-10-21(7-8-22(16)17)18(24)15-9-13(23)12-5-3-4-6-14(12)25-15/h3-6,9,11H,7-8,10H2,1-2H3. The molecule has 1 aromatic carbocycles. The second-order valence-electron chi connectivity index (χ2n) is 6.48. The number of nitrogens with zero attached hydrogens (tertiary/aromatic N) is 4. The van der Waals surface area contributed by atoms with E-state index < -0.39 is 0 Å². The van der Waals surface area contributed by atoms with Gasteiger partial charge in [-0.15, -0.1) is 10.2 Å². The number of amides is 1. The van der Waals surface area contributed by atoms with E-state index in [-0.39, 0.29) is 23.0 Å². The molecule has 0 unspecified atom stereocenters. The summed E-state index contributed by atoms with van der Waals surface area (Å²) in [5.41, 5.74) is 0.202. The van der Waals surface area contributed by atoms with Gasteiger partial charge in [0.1, 0.15) is 11.4 Å². The van der Waals surface area contributed by atoms with Crippen molar-refractivity contribution in [3.63, 3.8) is 0 Å². The molecule has 0 radical (unpaired) electrons. The summed E-state index contributed by atoms with van der Waals surface area (Å²) < 4.78 is 7.72. The topological polar surface area (TPSA) is 81.2 Å². The molecule has 2 aromatic heterocycles. The molecule has 0 N–H and O–H groups in total. The van der Waals surface area contributed by atoms with Gasteiger partial charge in [-0.05, 0) is 12.1 Å². The van der Waals surface area contributed by atoms with E-state index >= 15 is 0 Å². The lowest BCUT2D eigenvalue weighted by Gasteiger charge is -2.27. The van der Waals surface area contributed by atoms with Crippen LogP contribution in [-0.4, -0.2) is 32.1 Å². The van der Waals surface area contributed by atoms with Gasteiger partial charge < -0.3 is 13.9 Å². The van der Waals surface area contributed by atoms with Gasteiger partial charge in [-0.3, -0.25) is 9.59 Å². The molecule has 128 valence electrons. The number of para-hydroxylation sites is 1. The third-order valence-corrected chi connectivity index (χ3v) is 4.43. The van der Waals surface area contributed by atoms with Crippen LogP contribution >= 0.6 is 0 Å². The Balaban J connectivity index is 1.65. The minimum absolute atomic E-state index is 0.0562. The Bertz CT molecular complexity index is 1020. The normalized spacial score (nSPS) is 14.1. The zero-order valence-corrected chi connectivity index (χ0v) is 14.1. The highest BCUT2D eigenvalue weighted by Gasteiger charge is 2.27. The first-order valence-corrected chi connectivity index (χ1v) is 8.28.